The zero-order chi connectivity index (χ0) is 14.3. The molecule has 2 aromatic rings. The quantitative estimate of drug-likeness (QED) is 0.523. The molecule has 1 aliphatic rings. The van der Waals surface area contributed by atoms with Gasteiger partial charge in [0.2, 0.25) is 0 Å². The zero-order valence-corrected chi connectivity index (χ0v) is 10.4. The van der Waals surface area contributed by atoms with Crippen LogP contribution in [0.4, 0.5) is 0 Å². The molecule has 1 aromatic heterocycles. The smallest absolute Gasteiger partial charge is 0.198 e. The van der Waals surface area contributed by atoms with E-state index in [0.717, 1.165) is 4.80 Å². The summed E-state index contributed by atoms with van der Waals surface area (Å²) in [7, 11) is 0. The van der Waals surface area contributed by atoms with E-state index < -0.39 is 37.3 Å². The van der Waals surface area contributed by atoms with Gasteiger partial charge in [-0.3, -0.25) is 0 Å². The number of ether oxygens (including phenoxy) is 1. The predicted molar refractivity (Wildman–Crippen MR) is 66.5 cm³/mol. The first kappa shape index (κ1) is 13.4. The first-order chi connectivity index (χ1) is 9.61. The van der Waals surface area contributed by atoms with Gasteiger partial charge in [-0.2, -0.15) is 15.0 Å². The van der Waals surface area contributed by atoms with Gasteiger partial charge in [-0.05, 0) is 12.1 Å². The third kappa shape index (κ3) is 2.07. The van der Waals surface area contributed by atoms with E-state index in [4.69, 9.17) is 9.84 Å². The largest absolute Gasteiger partial charge is 0.394 e. The Morgan fingerprint density at radius 1 is 1.00 bits per heavy atom. The molecule has 1 aliphatic heterocycles. The van der Waals surface area contributed by atoms with Crippen LogP contribution in [0.3, 0.4) is 0 Å². The fourth-order valence-electron chi connectivity index (χ4n) is 2.26. The van der Waals surface area contributed by atoms with Crippen molar-refractivity contribution < 1.29 is 25.2 Å². The summed E-state index contributed by atoms with van der Waals surface area (Å²) in [4.78, 5) is 1.15. The van der Waals surface area contributed by atoms with E-state index in [-0.39, 0.29) is 0 Å². The zero-order valence-electron chi connectivity index (χ0n) is 10.4. The number of aliphatic hydroxyl groups excluding tert-OH is 4. The highest BCUT2D eigenvalue weighted by Crippen LogP contribution is 2.27. The minimum absolute atomic E-state index is 0.484. The summed E-state index contributed by atoms with van der Waals surface area (Å²) in [6.45, 7) is -0.484. The van der Waals surface area contributed by atoms with Crippen LogP contribution in [0.5, 0.6) is 0 Å². The summed E-state index contributed by atoms with van der Waals surface area (Å²) in [5.41, 5.74) is 1.23. The molecular formula is C12H15N3O5. The third-order valence-corrected chi connectivity index (χ3v) is 3.40. The second-order valence-electron chi connectivity index (χ2n) is 4.73. The van der Waals surface area contributed by atoms with E-state index in [1.54, 1.807) is 24.3 Å². The number of benzene rings is 1. The van der Waals surface area contributed by atoms with E-state index in [9.17, 15) is 15.3 Å². The van der Waals surface area contributed by atoms with Crippen molar-refractivity contribution in [2.24, 2.45) is 0 Å². The van der Waals surface area contributed by atoms with Gasteiger partial charge < -0.3 is 25.2 Å². The maximum atomic E-state index is 9.98. The third-order valence-electron chi connectivity index (χ3n) is 3.40. The Balaban J connectivity index is 1.95. The molecule has 20 heavy (non-hydrogen) atoms. The topological polar surface area (TPSA) is 121 Å². The van der Waals surface area contributed by atoms with Crippen molar-refractivity contribution in [3.05, 3.63) is 24.3 Å². The summed E-state index contributed by atoms with van der Waals surface area (Å²) in [6, 6.07) is 7.11. The molecule has 8 nitrogen and oxygen atoms in total. The Morgan fingerprint density at radius 3 is 2.15 bits per heavy atom. The molecule has 4 N–H and O–H groups in total. The molecule has 0 unspecified atom stereocenters. The second kappa shape index (κ2) is 5.08. The Hall–Kier alpha value is -1.58. The van der Waals surface area contributed by atoms with E-state index >= 15 is 0 Å². The highest BCUT2D eigenvalue weighted by atomic mass is 16.6. The minimum Gasteiger partial charge on any atom is -0.394 e. The summed E-state index contributed by atoms with van der Waals surface area (Å²) in [5, 5.41) is 46.9. The van der Waals surface area contributed by atoms with Gasteiger partial charge in [0.15, 0.2) is 6.23 Å². The molecule has 0 radical (unpaired) electrons. The van der Waals surface area contributed by atoms with Gasteiger partial charge in [0.1, 0.15) is 35.4 Å². The summed E-state index contributed by atoms with van der Waals surface area (Å²) in [5.74, 6) is 0. The van der Waals surface area contributed by atoms with Crippen LogP contribution in [0.15, 0.2) is 24.3 Å². The highest BCUT2D eigenvalue weighted by molar-refractivity contribution is 5.72. The fourth-order valence-corrected chi connectivity index (χ4v) is 2.26. The number of hydrogen-bond acceptors (Lipinski definition) is 7. The number of hydrogen-bond donors (Lipinski definition) is 4. The molecule has 0 aliphatic carbocycles. The average molecular weight is 281 g/mol. The number of rotatable bonds is 2. The van der Waals surface area contributed by atoms with E-state index in [0.29, 0.717) is 11.0 Å². The monoisotopic (exact) mass is 281 g/mol. The first-order valence-corrected chi connectivity index (χ1v) is 6.24. The Morgan fingerprint density at radius 2 is 1.60 bits per heavy atom. The lowest BCUT2D eigenvalue weighted by molar-refractivity contribution is -0.256. The minimum atomic E-state index is -1.44. The number of aliphatic hydroxyl groups is 4. The molecule has 0 amide bonds. The Labute approximate surface area is 113 Å². The number of nitrogens with zero attached hydrogens (tertiary/aromatic N) is 3. The standard InChI is InChI=1S/C12H15N3O5/c16-5-8-9(17)10(18)11(19)12(20-8)15-13-6-3-1-2-4-7(6)14-15/h1-4,8-12,16-19H,5H2/t8-,9+,10+,11+,12+/m0/s1. The van der Waals surface area contributed by atoms with Crippen molar-refractivity contribution in [2.75, 3.05) is 6.61 Å². The van der Waals surface area contributed by atoms with Crippen LogP contribution in [0.1, 0.15) is 6.23 Å². The van der Waals surface area contributed by atoms with Gasteiger partial charge >= 0.3 is 0 Å². The van der Waals surface area contributed by atoms with Gasteiger partial charge in [0.05, 0.1) is 6.61 Å². The Bertz CT molecular complexity index is 569. The van der Waals surface area contributed by atoms with Crippen LogP contribution < -0.4 is 0 Å². The van der Waals surface area contributed by atoms with E-state index in [1.165, 1.54) is 0 Å². The molecule has 108 valence electrons. The maximum Gasteiger partial charge on any atom is 0.198 e. The highest BCUT2D eigenvalue weighted by Gasteiger charge is 2.45. The summed E-state index contributed by atoms with van der Waals surface area (Å²) >= 11 is 0. The van der Waals surface area contributed by atoms with Crippen LogP contribution >= 0.6 is 0 Å². The fraction of sp³-hybridized carbons (Fsp3) is 0.500. The molecule has 1 saturated heterocycles. The molecule has 0 bridgehead atoms. The lowest BCUT2D eigenvalue weighted by Crippen LogP contribution is -2.56. The molecule has 0 spiro atoms. The van der Waals surface area contributed by atoms with Gasteiger partial charge in [0, 0.05) is 0 Å². The first-order valence-electron chi connectivity index (χ1n) is 6.24. The summed E-state index contributed by atoms with van der Waals surface area (Å²) in [6.07, 6.45) is -6.28. The second-order valence-corrected chi connectivity index (χ2v) is 4.73. The van der Waals surface area contributed by atoms with Crippen molar-refractivity contribution in [3.63, 3.8) is 0 Å². The molecular weight excluding hydrogens is 266 g/mol. The van der Waals surface area contributed by atoms with E-state index in [2.05, 4.69) is 10.2 Å². The van der Waals surface area contributed by atoms with Crippen LogP contribution in [0, 0.1) is 0 Å². The average Bonchev–Trinajstić information content (AvgIpc) is 2.89. The molecule has 1 fully saturated rings. The molecule has 3 rings (SSSR count). The molecule has 8 heteroatoms. The molecule has 5 atom stereocenters. The van der Waals surface area contributed by atoms with Crippen LogP contribution in [-0.2, 0) is 4.74 Å². The molecule has 1 aromatic carbocycles. The van der Waals surface area contributed by atoms with E-state index in [1.807, 2.05) is 0 Å². The SMILES string of the molecule is OC[C@@H]1O[C@@H](n2nc3ccccc3n2)[C@H](O)[C@H](O)[C@@H]1O. The van der Waals surface area contributed by atoms with Crippen LogP contribution in [0.25, 0.3) is 11.0 Å². The van der Waals surface area contributed by atoms with Crippen molar-refractivity contribution in [1.29, 1.82) is 0 Å². The van der Waals surface area contributed by atoms with Gasteiger partial charge in [-0.25, -0.2) is 0 Å². The lowest BCUT2D eigenvalue weighted by Gasteiger charge is -2.39. The normalized spacial score (nSPS) is 34.5. The van der Waals surface area contributed by atoms with Crippen LogP contribution in [0.2, 0.25) is 0 Å². The van der Waals surface area contributed by atoms with Crippen molar-refractivity contribution in [3.8, 4) is 0 Å². The Kier molecular flexibility index (Phi) is 3.40. The number of aromatic nitrogens is 3. The van der Waals surface area contributed by atoms with Gasteiger partial charge in [-0.15, -0.1) is 0 Å². The summed E-state index contributed by atoms with van der Waals surface area (Å²) < 4.78 is 5.37. The lowest BCUT2D eigenvalue weighted by atomic mass is 9.99. The molecule has 2 heterocycles. The number of fused-ring (bicyclic) bond motifs is 1. The van der Waals surface area contributed by atoms with Crippen LogP contribution in [-0.4, -0.2) is 66.4 Å². The van der Waals surface area contributed by atoms with Crippen molar-refractivity contribution >= 4 is 11.0 Å². The predicted octanol–water partition coefficient (Wildman–Crippen LogP) is -1.60. The maximum absolute atomic E-state index is 9.98. The van der Waals surface area contributed by atoms with Gasteiger partial charge in [0.25, 0.3) is 0 Å². The molecule has 0 saturated carbocycles. The van der Waals surface area contributed by atoms with Gasteiger partial charge in [-0.1, -0.05) is 12.1 Å². The van der Waals surface area contributed by atoms with Crippen molar-refractivity contribution in [2.45, 2.75) is 30.6 Å². The van der Waals surface area contributed by atoms with Crippen molar-refractivity contribution in [1.82, 2.24) is 15.0 Å².